The van der Waals surface area contributed by atoms with E-state index >= 15 is 0 Å². The average Bonchev–Trinajstić information content (AvgIpc) is 2.52. The molecular formula is C11H20N2O2. The monoisotopic (exact) mass is 212 g/mol. The zero-order chi connectivity index (χ0) is 11.6. The van der Waals surface area contributed by atoms with Crippen molar-refractivity contribution in [3.8, 4) is 0 Å². The van der Waals surface area contributed by atoms with Crippen molar-refractivity contribution in [1.29, 1.82) is 0 Å². The van der Waals surface area contributed by atoms with Gasteiger partial charge in [0.25, 0.3) is 0 Å². The molecule has 2 atom stereocenters. The summed E-state index contributed by atoms with van der Waals surface area (Å²) in [6.45, 7) is 9.84. The molecule has 0 saturated heterocycles. The number of aliphatic hydroxyl groups excluding tert-OH is 1. The molecular weight excluding hydrogens is 192 g/mol. The van der Waals surface area contributed by atoms with Crippen LogP contribution in [-0.4, -0.2) is 21.4 Å². The van der Waals surface area contributed by atoms with Crippen molar-refractivity contribution >= 4 is 0 Å². The quantitative estimate of drug-likeness (QED) is 0.834. The molecule has 0 fully saturated rings. The third-order valence-electron chi connectivity index (χ3n) is 2.45. The molecule has 0 spiro atoms. The van der Waals surface area contributed by atoms with E-state index in [1.807, 2.05) is 27.7 Å². The highest BCUT2D eigenvalue weighted by Crippen LogP contribution is 2.25. The molecule has 2 unspecified atom stereocenters. The van der Waals surface area contributed by atoms with Crippen LogP contribution in [0.15, 0.2) is 4.52 Å². The van der Waals surface area contributed by atoms with Crippen molar-refractivity contribution in [2.24, 2.45) is 0 Å². The van der Waals surface area contributed by atoms with Gasteiger partial charge >= 0.3 is 0 Å². The van der Waals surface area contributed by atoms with Crippen molar-refractivity contribution in [1.82, 2.24) is 10.1 Å². The van der Waals surface area contributed by atoms with Crippen LogP contribution in [0, 0.1) is 0 Å². The van der Waals surface area contributed by atoms with E-state index in [4.69, 9.17) is 4.52 Å². The minimum absolute atomic E-state index is 0.0615. The van der Waals surface area contributed by atoms with Gasteiger partial charge in [-0.15, -0.1) is 0 Å². The van der Waals surface area contributed by atoms with Crippen LogP contribution in [0.4, 0.5) is 0 Å². The third kappa shape index (κ3) is 2.78. The Kier molecular flexibility index (Phi) is 3.50. The molecule has 1 heterocycles. The van der Waals surface area contributed by atoms with Gasteiger partial charge in [-0.25, -0.2) is 0 Å². The van der Waals surface area contributed by atoms with Gasteiger partial charge in [0.1, 0.15) is 0 Å². The van der Waals surface area contributed by atoms with Gasteiger partial charge in [0.15, 0.2) is 5.82 Å². The molecule has 0 radical (unpaired) electrons. The third-order valence-corrected chi connectivity index (χ3v) is 2.45. The van der Waals surface area contributed by atoms with Crippen LogP contribution in [0.1, 0.15) is 58.7 Å². The molecule has 0 bridgehead atoms. The van der Waals surface area contributed by atoms with Gasteiger partial charge in [0.05, 0.1) is 12.0 Å². The Balaban J connectivity index is 2.92. The summed E-state index contributed by atoms with van der Waals surface area (Å²) in [5, 5.41) is 13.5. The zero-order valence-electron chi connectivity index (χ0n) is 10.1. The van der Waals surface area contributed by atoms with Gasteiger partial charge in [-0.05, 0) is 13.3 Å². The van der Waals surface area contributed by atoms with E-state index in [1.165, 1.54) is 0 Å². The van der Waals surface area contributed by atoms with E-state index in [0.29, 0.717) is 11.7 Å². The van der Waals surface area contributed by atoms with E-state index in [9.17, 15) is 5.11 Å². The minimum atomic E-state index is -0.455. The second kappa shape index (κ2) is 4.31. The molecule has 1 rings (SSSR count). The molecule has 0 aliphatic heterocycles. The average molecular weight is 212 g/mol. The first-order chi connectivity index (χ1) is 6.86. The van der Waals surface area contributed by atoms with Crippen molar-refractivity contribution in [3.05, 3.63) is 11.7 Å². The van der Waals surface area contributed by atoms with Gasteiger partial charge in [0, 0.05) is 5.41 Å². The molecule has 86 valence electrons. The topological polar surface area (TPSA) is 59.2 Å². The number of aromatic nitrogens is 2. The largest absolute Gasteiger partial charge is 0.393 e. The summed E-state index contributed by atoms with van der Waals surface area (Å²) < 4.78 is 5.18. The van der Waals surface area contributed by atoms with Gasteiger partial charge in [0.2, 0.25) is 5.89 Å². The Bertz CT molecular complexity index is 313. The lowest BCUT2D eigenvalue weighted by Crippen LogP contribution is -2.16. The lowest BCUT2D eigenvalue weighted by Gasteiger charge is -2.13. The number of aliphatic hydroxyl groups is 1. The fraction of sp³-hybridized carbons (Fsp3) is 0.818. The van der Waals surface area contributed by atoms with E-state index < -0.39 is 6.10 Å². The smallest absolute Gasteiger partial charge is 0.232 e. The van der Waals surface area contributed by atoms with E-state index in [2.05, 4.69) is 10.1 Å². The second-order valence-corrected chi connectivity index (χ2v) is 4.96. The lowest BCUT2D eigenvalue weighted by molar-refractivity contribution is 0.141. The first kappa shape index (κ1) is 12.2. The van der Waals surface area contributed by atoms with E-state index in [0.717, 1.165) is 6.42 Å². The lowest BCUT2D eigenvalue weighted by atomic mass is 9.96. The number of nitrogens with zero attached hydrogens (tertiary/aromatic N) is 2. The Labute approximate surface area is 90.7 Å². The molecule has 1 N–H and O–H groups in total. The number of rotatable bonds is 3. The van der Waals surface area contributed by atoms with E-state index in [-0.39, 0.29) is 11.3 Å². The molecule has 1 aromatic heterocycles. The van der Waals surface area contributed by atoms with Gasteiger partial charge in [-0.1, -0.05) is 32.9 Å². The summed E-state index contributed by atoms with van der Waals surface area (Å²) in [4.78, 5) is 4.34. The highest BCUT2D eigenvalue weighted by molar-refractivity contribution is 5.03. The fourth-order valence-electron chi connectivity index (χ4n) is 1.41. The summed E-state index contributed by atoms with van der Waals surface area (Å²) in [7, 11) is 0. The highest BCUT2D eigenvalue weighted by Gasteiger charge is 2.26. The predicted octanol–water partition coefficient (Wildman–Crippen LogP) is 2.24. The summed E-state index contributed by atoms with van der Waals surface area (Å²) in [6, 6.07) is 0. The second-order valence-electron chi connectivity index (χ2n) is 4.96. The molecule has 15 heavy (non-hydrogen) atoms. The van der Waals surface area contributed by atoms with Gasteiger partial charge in [-0.2, -0.15) is 4.98 Å². The first-order valence-electron chi connectivity index (χ1n) is 5.38. The van der Waals surface area contributed by atoms with Crippen molar-refractivity contribution < 1.29 is 9.63 Å². The molecule has 0 aromatic carbocycles. The maximum atomic E-state index is 9.55. The zero-order valence-corrected chi connectivity index (χ0v) is 10.1. The summed E-state index contributed by atoms with van der Waals surface area (Å²) in [5.41, 5.74) is -0.112. The highest BCUT2D eigenvalue weighted by atomic mass is 16.5. The molecule has 4 nitrogen and oxygen atoms in total. The Hall–Kier alpha value is -0.900. The van der Waals surface area contributed by atoms with Crippen LogP contribution in [0.25, 0.3) is 0 Å². The van der Waals surface area contributed by atoms with Crippen molar-refractivity contribution in [2.75, 3.05) is 0 Å². The van der Waals surface area contributed by atoms with Crippen molar-refractivity contribution in [3.63, 3.8) is 0 Å². The molecule has 0 aliphatic carbocycles. The van der Waals surface area contributed by atoms with Gasteiger partial charge < -0.3 is 9.63 Å². The van der Waals surface area contributed by atoms with Crippen LogP contribution >= 0.6 is 0 Å². The first-order valence-corrected chi connectivity index (χ1v) is 5.38. The molecule has 0 amide bonds. The number of hydrogen-bond donors (Lipinski definition) is 1. The maximum absolute atomic E-state index is 9.55. The molecule has 0 aliphatic rings. The van der Waals surface area contributed by atoms with Gasteiger partial charge in [-0.3, -0.25) is 0 Å². The van der Waals surface area contributed by atoms with Crippen LogP contribution < -0.4 is 0 Å². The van der Waals surface area contributed by atoms with Crippen molar-refractivity contribution in [2.45, 2.75) is 58.5 Å². The Morgan fingerprint density at radius 2 is 2.00 bits per heavy atom. The van der Waals surface area contributed by atoms with E-state index in [1.54, 1.807) is 6.92 Å². The molecule has 1 aromatic rings. The SMILES string of the molecule is CCC(c1nc(C(C)(C)C)no1)C(C)O. The summed E-state index contributed by atoms with van der Waals surface area (Å²) in [6.07, 6.45) is 0.340. The maximum Gasteiger partial charge on any atom is 0.232 e. The number of hydrogen-bond acceptors (Lipinski definition) is 4. The fourth-order valence-corrected chi connectivity index (χ4v) is 1.41. The van der Waals surface area contributed by atoms with Crippen LogP contribution in [-0.2, 0) is 5.41 Å². The van der Waals surface area contributed by atoms with Crippen LogP contribution in [0.2, 0.25) is 0 Å². The standard InChI is InChI=1S/C11H20N2O2/c1-6-8(7(2)14)9-12-10(13-15-9)11(3,4)5/h7-8,14H,6H2,1-5H3. The molecule has 4 heteroatoms. The summed E-state index contributed by atoms with van der Waals surface area (Å²) >= 11 is 0. The Morgan fingerprint density at radius 1 is 1.40 bits per heavy atom. The predicted molar refractivity (Wildman–Crippen MR) is 57.7 cm³/mol. The van der Waals surface area contributed by atoms with Crippen LogP contribution in [0.3, 0.4) is 0 Å². The normalized spacial score (nSPS) is 16.4. The Morgan fingerprint density at radius 3 is 2.33 bits per heavy atom. The molecule has 0 saturated carbocycles. The minimum Gasteiger partial charge on any atom is -0.393 e. The van der Waals surface area contributed by atoms with Crippen LogP contribution in [0.5, 0.6) is 0 Å². The summed E-state index contributed by atoms with van der Waals surface area (Å²) in [5.74, 6) is 1.17.